The van der Waals surface area contributed by atoms with Gasteiger partial charge in [0.25, 0.3) is 5.69 Å². The minimum Gasteiger partial charge on any atom is -0.493 e. The number of nitrogens with zero attached hydrogens (tertiary/aromatic N) is 1. The zero-order valence-corrected chi connectivity index (χ0v) is 16.4. The number of carbonyl (C=O) groups is 2. The van der Waals surface area contributed by atoms with E-state index in [1.165, 1.54) is 32.8 Å². The summed E-state index contributed by atoms with van der Waals surface area (Å²) in [4.78, 5) is 36.0. The number of Topliss-reactive ketones (excluding diaryl/α,β-unsaturated/α-hetero) is 1. The lowest BCUT2D eigenvalue weighted by atomic mass is 10.0. The minimum absolute atomic E-state index is 0.109. The van der Waals surface area contributed by atoms with Crippen LogP contribution in [0, 0.1) is 10.1 Å². The molecule has 1 unspecified atom stereocenters. The normalized spacial score (nSPS) is 13.3. The maximum Gasteiger partial charge on any atom is 0.346 e. The number of esters is 1. The van der Waals surface area contributed by atoms with E-state index in [2.05, 4.69) is 0 Å². The number of methoxy groups -OCH3 is 2. The van der Waals surface area contributed by atoms with Crippen molar-refractivity contribution in [3.63, 3.8) is 0 Å². The molecule has 2 aromatic rings. The molecule has 152 valence electrons. The zero-order chi connectivity index (χ0) is 21.1. The summed E-state index contributed by atoms with van der Waals surface area (Å²) in [7, 11) is 2.68. The molecule has 0 spiro atoms. The van der Waals surface area contributed by atoms with Crippen LogP contribution in [-0.2, 0) is 17.6 Å². The number of hydrogen-bond acceptors (Lipinski definition) is 7. The van der Waals surface area contributed by atoms with E-state index in [1.54, 1.807) is 6.07 Å². The van der Waals surface area contributed by atoms with Gasteiger partial charge in [-0.3, -0.25) is 14.9 Å². The molecule has 8 heteroatoms. The molecule has 0 saturated carbocycles. The van der Waals surface area contributed by atoms with E-state index in [0.29, 0.717) is 5.56 Å². The van der Waals surface area contributed by atoms with Crippen molar-refractivity contribution in [2.45, 2.75) is 32.3 Å². The quantitative estimate of drug-likeness (QED) is 0.303. The molecule has 0 radical (unpaired) electrons. The first-order chi connectivity index (χ1) is 13.8. The second-order valence-electron chi connectivity index (χ2n) is 6.73. The molecule has 2 aromatic carbocycles. The molecule has 1 atom stereocenters. The highest BCUT2D eigenvalue weighted by atomic mass is 16.6. The summed E-state index contributed by atoms with van der Waals surface area (Å²) in [6.07, 6.45) is 1.87. The summed E-state index contributed by atoms with van der Waals surface area (Å²) < 4.78 is 15.4. The van der Waals surface area contributed by atoms with Crippen molar-refractivity contribution in [3.8, 4) is 11.5 Å². The number of nitro groups is 1. The Balaban J connectivity index is 1.83. The molecule has 0 heterocycles. The van der Waals surface area contributed by atoms with Gasteiger partial charge in [0.05, 0.1) is 25.2 Å². The Kier molecular flexibility index (Phi) is 5.81. The van der Waals surface area contributed by atoms with Crippen molar-refractivity contribution < 1.29 is 28.7 Å². The van der Waals surface area contributed by atoms with E-state index >= 15 is 0 Å². The van der Waals surface area contributed by atoms with Crippen LogP contribution in [0.25, 0.3) is 0 Å². The van der Waals surface area contributed by atoms with Crippen LogP contribution in [0.2, 0.25) is 0 Å². The number of rotatable bonds is 7. The van der Waals surface area contributed by atoms with Gasteiger partial charge in [0, 0.05) is 11.6 Å². The summed E-state index contributed by atoms with van der Waals surface area (Å²) in [5, 5.41) is 11.4. The van der Waals surface area contributed by atoms with Gasteiger partial charge in [-0.25, -0.2) is 4.79 Å². The molecule has 0 saturated heterocycles. The Morgan fingerprint density at radius 3 is 2.34 bits per heavy atom. The summed E-state index contributed by atoms with van der Waals surface area (Å²) in [6, 6.07) is 7.72. The predicted octanol–water partition coefficient (Wildman–Crippen LogP) is 3.53. The molecule has 0 aliphatic heterocycles. The average Bonchev–Trinajstić information content (AvgIpc) is 3.19. The first-order valence-electron chi connectivity index (χ1n) is 9.13. The van der Waals surface area contributed by atoms with Crippen LogP contribution >= 0.6 is 0 Å². The topological polar surface area (TPSA) is 105 Å². The summed E-state index contributed by atoms with van der Waals surface area (Å²) >= 11 is 0. The van der Waals surface area contributed by atoms with Gasteiger partial charge in [-0.2, -0.15) is 0 Å². The van der Waals surface area contributed by atoms with Crippen molar-refractivity contribution >= 4 is 17.4 Å². The third-order valence-corrected chi connectivity index (χ3v) is 4.95. The SMILES string of the molecule is COc1cc(C(=O)OC(C)C(=O)c2ccc3c(c2)CCC3)c([N+](=O)[O-])cc1OC. The maximum atomic E-state index is 12.7. The average molecular weight is 399 g/mol. The maximum absolute atomic E-state index is 12.7. The second-order valence-corrected chi connectivity index (χ2v) is 6.73. The number of carbonyl (C=O) groups excluding carboxylic acids is 2. The molecule has 0 N–H and O–H groups in total. The zero-order valence-electron chi connectivity index (χ0n) is 16.4. The second kappa shape index (κ2) is 8.30. The lowest BCUT2D eigenvalue weighted by Crippen LogP contribution is -2.25. The molecule has 1 aliphatic rings. The number of ketones is 1. The molecule has 0 aromatic heterocycles. The molecule has 0 bridgehead atoms. The van der Waals surface area contributed by atoms with Gasteiger partial charge in [0.15, 0.2) is 17.6 Å². The van der Waals surface area contributed by atoms with Crippen molar-refractivity contribution in [3.05, 3.63) is 62.7 Å². The van der Waals surface area contributed by atoms with Gasteiger partial charge in [0.2, 0.25) is 5.78 Å². The fourth-order valence-corrected chi connectivity index (χ4v) is 3.42. The van der Waals surface area contributed by atoms with Crippen LogP contribution in [0.1, 0.15) is 45.2 Å². The Morgan fingerprint density at radius 2 is 1.69 bits per heavy atom. The van der Waals surface area contributed by atoms with Crippen molar-refractivity contribution in [2.24, 2.45) is 0 Å². The Hall–Kier alpha value is -3.42. The fraction of sp³-hybridized carbons (Fsp3) is 0.333. The van der Waals surface area contributed by atoms with Gasteiger partial charge in [-0.1, -0.05) is 12.1 Å². The van der Waals surface area contributed by atoms with Gasteiger partial charge >= 0.3 is 5.97 Å². The van der Waals surface area contributed by atoms with Gasteiger partial charge in [-0.15, -0.1) is 0 Å². The number of hydrogen-bond donors (Lipinski definition) is 0. The monoisotopic (exact) mass is 399 g/mol. The summed E-state index contributed by atoms with van der Waals surface area (Å²) in [6.45, 7) is 1.44. The lowest BCUT2D eigenvalue weighted by molar-refractivity contribution is -0.385. The Labute approximate surface area is 167 Å². The molecule has 0 fully saturated rings. The van der Waals surface area contributed by atoms with Gasteiger partial charge in [-0.05, 0) is 43.4 Å². The number of nitro benzene ring substituents is 1. The van der Waals surface area contributed by atoms with E-state index < -0.39 is 22.7 Å². The standard InChI is InChI=1S/C21H21NO7/c1-12(20(23)15-8-7-13-5-4-6-14(13)9-15)29-21(24)16-10-18(27-2)19(28-3)11-17(16)22(25)26/h7-12H,4-6H2,1-3H3. The van der Waals surface area contributed by atoms with Crippen molar-refractivity contribution in [1.82, 2.24) is 0 Å². The lowest BCUT2D eigenvalue weighted by Gasteiger charge is -2.14. The smallest absolute Gasteiger partial charge is 0.346 e. The summed E-state index contributed by atoms with van der Waals surface area (Å²) in [5.41, 5.74) is 2.00. The molecule has 3 rings (SSSR count). The number of ether oxygens (including phenoxy) is 3. The number of benzene rings is 2. The van der Waals surface area contributed by atoms with E-state index in [9.17, 15) is 19.7 Å². The predicted molar refractivity (Wildman–Crippen MR) is 104 cm³/mol. The van der Waals surface area contributed by atoms with Crippen molar-refractivity contribution in [2.75, 3.05) is 14.2 Å². The number of fused-ring (bicyclic) bond motifs is 1. The Bertz CT molecular complexity index is 983. The van der Waals surface area contributed by atoms with E-state index in [1.807, 2.05) is 12.1 Å². The largest absolute Gasteiger partial charge is 0.493 e. The minimum atomic E-state index is -1.10. The first kappa shape index (κ1) is 20.3. The Morgan fingerprint density at radius 1 is 1.03 bits per heavy atom. The van der Waals surface area contributed by atoms with Gasteiger partial charge < -0.3 is 14.2 Å². The third kappa shape index (κ3) is 4.06. The van der Waals surface area contributed by atoms with Crippen LogP contribution in [0.15, 0.2) is 30.3 Å². The van der Waals surface area contributed by atoms with Crippen LogP contribution in [0.3, 0.4) is 0 Å². The first-order valence-corrected chi connectivity index (χ1v) is 9.13. The third-order valence-electron chi connectivity index (χ3n) is 4.95. The van der Waals surface area contributed by atoms with E-state index in [-0.39, 0.29) is 22.8 Å². The highest BCUT2D eigenvalue weighted by molar-refractivity contribution is 6.02. The molecule has 0 amide bonds. The van der Waals surface area contributed by atoms with Crippen LogP contribution in [0.4, 0.5) is 5.69 Å². The fourth-order valence-electron chi connectivity index (χ4n) is 3.42. The van der Waals surface area contributed by atoms with Crippen LogP contribution < -0.4 is 9.47 Å². The molecule has 8 nitrogen and oxygen atoms in total. The molecular weight excluding hydrogens is 378 g/mol. The highest BCUT2D eigenvalue weighted by Gasteiger charge is 2.29. The summed E-state index contributed by atoms with van der Waals surface area (Å²) in [5.74, 6) is -1.10. The van der Waals surface area contributed by atoms with Crippen LogP contribution in [-0.4, -0.2) is 37.0 Å². The number of aryl methyl sites for hydroxylation is 2. The molecular formula is C21H21NO7. The van der Waals surface area contributed by atoms with Crippen molar-refractivity contribution in [1.29, 1.82) is 0 Å². The van der Waals surface area contributed by atoms with E-state index in [0.717, 1.165) is 30.9 Å². The van der Waals surface area contributed by atoms with Crippen LogP contribution in [0.5, 0.6) is 11.5 Å². The van der Waals surface area contributed by atoms with E-state index in [4.69, 9.17) is 14.2 Å². The molecule has 1 aliphatic carbocycles. The van der Waals surface area contributed by atoms with Gasteiger partial charge in [0.1, 0.15) is 5.56 Å². The molecule has 29 heavy (non-hydrogen) atoms. The highest BCUT2D eigenvalue weighted by Crippen LogP contribution is 2.35.